The lowest BCUT2D eigenvalue weighted by Gasteiger charge is -2.08. The highest BCUT2D eigenvalue weighted by molar-refractivity contribution is 9.10. The zero-order valence-corrected chi connectivity index (χ0v) is 12.3. The summed E-state index contributed by atoms with van der Waals surface area (Å²) >= 11 is 4.82. The normalized spacial score (nSPS) is 12.8. The molecule has 2 heterocycles. The van der Waals surface area contributed by atoms with Gasteiger partial charge in [-0.05, 0) is 24.5 Å². The third-order valence-electron chi connectivity index (χ3n) is 2.68. The summed E-state index contributed by atoms with van der Waals surface area (Å²) < 4.78 is 0.898. The number of nitrogens with zero attached hydrogens (tertiary/aromatic N) is 2. The Labute approximate surface area is 122 Å². The van der Waals surface area contributed by atoms with E-state index >= 15 is 0 Å². The summed E-state index contributed by atoms with van der Waals surface area (Å²) in [6.45, 7) is 0. The minimum Gasteiger partial charge on any atom is -0.338 e. The van der Waals surface area contributed by atoms with E-state index in [1.807, 2.05) is 24.5 Å². The zero-order chi connectivity index (χ0) is 13.4. The van der Waals surface area contributed by atoms with Gasteiger partial charge in [-0.25, -0.2) is 9.97 Å². The van der Waals surface area contributed by atoms with E-state index in [9.17, 15) is 4.79 Å². The molecule has 0 bridgehead atoms. The monoisotopic (exact) mass is 336 g/mol. The van der Waals surface area contributed by atoms with Gasteiger partial charge in [-0.15, -0.1) is 0 Å². The highest BCUT2D eigenvalue weighted by Gasteiger charge is 2.21. The Hall–Kier alpha value is -1.60. The third kappa shape index (κ3) is 2.31. The third-order valence-corrected chi connectivity index (χ3v) is 3.73. The number of hydrogen-bond acceptors (Lipinski definition) is 5. The maximum Gasteiger partial charge on any atom is 0.261 e. The minimum atomic E-state index is -0.216. The topological polar surface area (TPSA) is 66.9 Å². The number of fused-ring (bicyclic) bond motifs is 2. The Morgan fingerprint density at radius 2 is 2.11 bits per heavy atom. The highest BCUT2D eigenvalue weighted by Crippen LogP contribution is 2.33. The Bertz CT molecular complexity index is 677. The molecule has 1 aliphatic heterocycles. The minimum absolute atomic E-state index is 0.216. The summed E-state index contributed by atoms with van der Waals surface area (Å²) in [4.78, 5) is 20.6. The maximum absolute atomic E-state index is 12.1. The van der Waals surface area contributed by atoms with Crippen LogP contribution in [0, 0.1) is 0 Å². The number of amides is 1. The molecule has 0 unspecified atom stereocenters. The van der Waals surface area contributed by atoms with Crippen LogP contribution in [0.5, 0.6) is 0 Å². The molecule has 1 aromatic heterocycles. The molecule has 3 rings (SSSR count). The highest BCUT2D eigenvalue weighted by atomic mass is 79.9. The number of benzene rings is 1. The van der Waals surface area contributed by atoms with Gasteiger partial charge in [-0.3, -0.25) is 4.79 Å². The molecule has 0 saturated heterocycles. The standard InChI is InChI=1S/C12H9BrN4OS/c1-19-12-14-5-7-10(17-12)15-8-3-2-6(13)4-9(8)16-11(7)18/h2-5H,1H3,(H,16,18)(H,14,15,17). The van der Waals surface area contributed by atoms with Crippen molar-refractivity contribution < 1.29 is 4.79 Å². The summed E-state index contributed by atoms with van der Waals surface area (Å²) in [5, 5.41) is 6.63. The van der Waals surface area contributed by atoms with Crippen LogP contribution >= 0.6 is 27.7 Å². The lowest BCUT2D eigenvalue weighted by Crippen LogP contribution is -2.12. The van der Waals surface area contributed by atoms with E-state index in [-0.39, 0.29) is 5.91 Å². The van der Waals surface area contributed by atoms with Crippen molar-refractivity contribution in [1.29, 1.82) is 0 Å². The van der Waals surface area contributed by atoms with E-state index in [4.69, 9.17) is 0 Å². The van der Waals surface area contributed by atoms with Crippen molar-refractivity contribution in [2.75, 3.05) is 16.9 Å². The second-order valence-corrected chi connectivity index (χ2v) is 5.58. The van der Waals surface area contributed by atoms with Crippen LogP contribution in [0.2, 0.25) is 0 Å². The molecule has 7 heteroatoms. The van der Waals surface area contributed by atoms with Crippen molar-refractivity contribution in [3.63, 3.8) is 0 Å². The van der Waals surface area contributed by atoms with E-state index in [0.717, 1.165) is 10.2 Å². The summed E-state index contributed by atoms with van der Waals surface area (Å²) in [7, 11) is 0. The van der Waals surface area contributed by atoms with Gasteiger partial charge in [-0.2, -0.15) is 0 Å². The van der Waals surface area contributed by atoms with Gasteiger partial charge in [0.25, 0.3) is 5.91 Å². The SMILES string of the molecule is CSc1ncc2c(n1)Nc1ccc(Br)cc1NC2=O. The second-order valence-electron chi connectivity index (χ2n) is 3.89. The Morgan fingerprint density at radius 3 is 2.89 bits per heavy atom. The lowest BCUT2D eigenvalue weighted by atomic mass is 10.2. The molecule has 1 amide bonds. The zero-order valence-electron chi connectivity index (χ0n) is 9.90. The van der Waals surface area contributed by atoms with Crippen LogP contribution in [-0.2, 0) is 0 Å². The molecule has 0 saturated carbocycles. The Morgan fingerprint density at radius 1 is 1.26 bits per heavy atom. The molecule has 1 aromatic carbocycles. The molecule has 2 N–H and O–H groups in total. The van der Waals surface area contributed by atoms with Crippen LogP contribution in [0.15, 0.2) is 34.0 Å². The van der Waals surface area contributed by atoms with E-state index < -0.39 is 0 Å². The van der Waals surface area contributed by atoms with Gasteiger partial charge < -0.3 is 10.6 Å². The summed E-state index contributed by atoms with van der Waals surface area (Å²) in [6.07, 6.45) is 3.43. The lowest BCUT2D eigenvalue weighted by molar-refractivity contribution is 0.102. The van der Waals surface area contributed by atoms with E-state index in [0.29, 0.717) is 22.2 Å². The van der Waals surface area contributed by atoms with Gasteiger partial charge in [-0.1, -0.05) is 27.7 Å². The predicted octanol–water partition coefficient (Wildman–Crippen LogP) is 3.27. The number of nitrogens with one attached hydrogen (secondary N) is 2. The molecular weight excluding hydrogens is 328 g/mol. The van der Waals surface area contributed by atoms with Crippen molar-refractivity contribution >= 4 is 50.8 Å². The first-order chi connectivity index (χ1) is 9.17. The first kappa shape index (κ1) is 12.4. The summed E-state index contributed by atoms with van der Waals surface area (Å²) in [5.41, 5.74) is 1.95. The molecule has 0 radical (unpaired) electrons. The van der Waals surface area contributed by atoms with Gasteiger partial charge >= 0.3 is 0 Å². The van der Waals surface area contributed by atoms with Gasteiger partial charge in [0.15, 0.2) is 5.16 Å². The molecule has 0 spiro atoms. The van der Waals surface area contributed by atoms with Crippen LogP contribution < -0.4 is 10.6 Å². The van der Waals surface area contributed by atoms with Crippen molar-refractivity contribution in [3.05, 3.63) is 34.4 Å². The largest absolute Gasteiger partial charge is 0.338 e. The number of carbonyl (C=O) groups excluding carboxylic acids is 1. The first-order valence-electron chi connectivity index (χ1n) is 5.46. The molecule has 1 aliphatic rings. The molecule has 96 valence electrons. The average molecular weight is 337 g/mol. The van der Waals surface area contributed by atoms with Crippen LogP contribution in [0.4, 0.5) is 17.2 Å². The summed E-state index contributed by atoms with van der Waals surface area (Å²) in [5.74, 6) is 0.310. The van der Waals surface area contributed by atoms with Crippen molar-refractivity contribution in [3.8, 4) is 0 Å². The van der Waals surface area contributed by atoms with Crippen LogP contribution in [0.1, 0.15) is 10.4 Å². The number of rotatable bonds is 1. The number of hydrogen-bond donors (Lipinski definition) is 2. The van der Waals surface area contributed by atoms with E-state index in [2.05, 4.69) is 36.5 Å². The van der Waals surface area contributed by atoms with Crippen LogP contribution in [0.3, 0.4) is 0 Å². The fourth-order valence-corrected chi connectivity index (χ4v) is 2.47. The van der Waals surface area contributed by atoms with Crippen LogP contribution in [0.25, 0.3) is 0 Å². The number of halogens is 1. The van der Waals surface area contributed by atoms with Crippen molar-refractivity contribution in [2.24, 2.45) is 0 Å². The van der Waals surface area contributed by atoms with Gasteiger partial charge in [0.05, 0.1) is 11.4 Å². The van der Waals surface area contributed by atoms with Gasteiger partial charge in [0, 0.05) is 10.7 Å². The second kappa shape index (κ2) is 4.82. The number of aromatic nitrogens is 2. The quantitative estimate of drug-likeness (QED) is 0.618. The van der Waals surface area contributed by atoms with Crippen LogP contribution in [-0.4, -0.2) is 22.1 Å². The maximum atomic E-state index is 12.1. The molecule has 0 fully saturated rings. The fraction of sp³-hybridized carbons (Fsp3) is 0.0833. The Kier molecular flexibility index (Phi) is 3.16. The van der Waals surface area contributed by atoms with Crippen molar-refractivity contribution in [2.45, 2.75) is 5.16 Å². The average Bonchev–Trinajstić information content (AvgIpc) is 2.54. The molecule has 0 aliphatic carbocycles. The summed E-state index contributed by atoms with van der Waals surface area (Å²) in [6, 6.07) is 5.63. The number of carbonyl (C=O) groups is 1. The predicted molar refractivity (Wildman–Crippen MR) is 79.2 cm³/mol. The van der Waals surface area contributed by atoms with Crippen molar-refractivity contribution in [1.82, 2.24) is 9.97 Å². The van der Waals surface area contributed by atoms with Gasteiger partial charge in [0.1, 0.15) is 11.4 Å². The van der Waals surface area contributed by atoms with E-state index in [1.165, 1.54) is 18.0 Å². The molecule has 19 heavy (non-hydrogen) atoms. The molecule has 0 atom stereocenters. The van der Waals surface area contributed by atoms with Gasteiger partial charge in [0.2, 0.25) is 0 Å². The molecule has 5 nitrogen and oxygen atoms in total. The Balaban J connectivity index is 2.13. The number of anilines is 3. The smallest absolute Gasteiger partial charge is 0.261 e. The number of thioether (sulfide) groups is 1. The molecule has 2 aromatic rings. The fourth-order valence-electron chi connectivity index (χ4n) is 1.77. The molecular formula is C12H9BrN4OS. The van der Waals surface area contributed by atoms with E-state index in [1.54, 1.807) is 0 Å². The first-order valence-corrected chi connectivity index (χ1v) is 7.48.